The Labute approximate surface area is 125 Å². The number of carbonyl (C=O) groups is 1. The summed E-state index contributed by atoms with van der Waals surface area (Å²) in [6.07, 6.45) is 1.83. The molecule has 2 aromatic carbocycles. The molecule has 3 nitrogen and oxygen atoms in total. The fraction of sp³-hybridized carbons (Fsp3) is 0.278. The minimum absolute atomic E-state index is 0.0362. The summed E-state index contributed by atoms with van der Waals surface area (Å²) in [5.74, 6) is 0.0792. The predicted molar refractivity (Wildman–Crippen MR) is 85.0 cm³/mol. The molecular weight excluding hydrogens is 260 g/mol. The van der Waals surface area contributed by atoms with Crippen molar-refractivity contribution in [2.75, 3.05) is 5.32 Å². The minimum atomic E-state index is -0.342. The van der Waals surface area contributed by atoms with Gasteiger partial charge in [0, 0.05) is 11.7 Å². The van der Waals surface area contributed by atoms with E-state index in [1.54, 1.807) is 0 Å². The molecule has 0 saturated heterocycles. The normalized spacial score (nSPS) is 17.0. The largest absolute Gasteiger partial charge is 0.325 e. The van der Waals surface area contributed by atoms with Gasteiger partial charge in [-0.25, -0.2) is 0 Å². The van der Waals surface area contributed by atoms with Crippen molar-refractivity contribution in [1.82, 2.24) is 0 Å². The van der Waals surface area contributed by atoms with Gasteiger partial charge in [0.15, 0.2) is 0 Å². The first kappa shape index (κ1) is 13.8. The van der Waals surface area contributed by atoms with Crippen LogP contribution in [0, 0.1) is 0 Å². The molecular formula is C18H20N2O. The summed E-state index contributed by atoms with van der Waals surface area (Å²) in [6.45, 7) is 1.94. The maximum Gasteiger partial charge on any atom is 0.235 e. The van der Waals surface area contributed by atoms with Crippen LogP contribution in [0.2, 0.25) is 0 Å². The molecule has 1 unspecified atom stereocenters. The van der Waals surface area contributed by atoms with Gasteiger partial charge in [-0.3, -0.25) is 4.79 Å². The number of nitrogens with two attached hydrogens (primary N) is 1. The molecule has 3 heteroatoms. The van der Waals surface area contributed by atoms with Crippen molar-refractivity contribution >= 4 is 11.6 Å². The smallest absolute Gasteiger partial charge is 0.235 e. The first-order chi connectivity index (χ1) is 10.1. The van der Waals surface area contributed by atoms with Crippen LogP contribution in [0.25, 0.3) is 0 Å². The second-order valence-corrected chi connectivity index (χ2v) is 5.82. The highest BCUT2D eigenvalue weighted by atomic mass is 16.2. The molecule has 0 heterocycles. The molecule has 1 atom stereocenters. The van der Waals surface area contributed by atoms with Crippen LogP contribution < -0.4 is 11.1 Å². The number of amides is 1. The van der Waals surface area contributed by atoms with Crippen LogP contribution in [0.3, 0.4) is 0 Å². The molecule has 21 heavy (non-hydrogen) atoms. The van der Waals surface area contributed by atoms with E-state index in [1.165, 1.54) is 0 Å². The van der Waals surface area contributed by atoms with Gasteiger partial charge in [-0.15, -0.1) is 0 Å². The Bertz CT molecular complexity index is 645. The van der Waals surface area contributed by atoms with Crippen molar-refractivity contribution in [3.05, 3.63) is 65.7 Å². The van der Waals surface area contributed by atoms with Gasteiger partial charge in [0.1, 0.15) is 0 Å². The molecule has 0 spiro atoms. The van der Waals surface area contributed by atoms with E-state index in [9.17, 15) is 4.79 Å². The van der Waals surface area contributed by atoms with Gasteiger partial charge in [0.05, 0.1) is 5.41 Å². The summed E-state index contributed by atoms with van der Waals surface area (Å²) in [5, 5.41) is 3.04. The molecule has 3 N–H and O–H groups in total. The number of hydrogen-bond acceptors (Lipinski definition) is 2. The van der Waals surface area contributed by atoms with E-state index in [0.29, 0.717) is 0 Å². The third kappa shape index (κ3) is 2.69. The summed E-state index contributed by atoms with van der Waals surface area (Å²) in [4.78, 5) is 12.6. The van der Waals surface area contributed by atoms with Crippen LogP contribution in [0.4, 0.5) is 5.69 Å². The topological polar surface area (TPSA) is 55.1 Å². The van der Waals surface area contributed by atoms with Gasteiger partial charge in [-0.05, 0) is 43.0 Å². The lowest BCUT2D eigenvalue weighted by Crippen LogP contribution is -2.27. The SMILES string of the molecule is CC(N)c1cccc(NC(=O)C2(c3ccccc3)CC2)c1. The predicted octanol–water partition coefficient (Wildman–Crippen LogP) is 3.38. The van der Waals surface area contributed by atoms with E-state index in [0.717, 1.165) is 29.7 Å². The van der Waals surface area contributed by atoms with Crippen molar-refractivity contribution in [1.29, 1.82) is 0 Å². The first-order valence-electron chi connectivity index (χ1n) is 7.34. The fourth-order valence-electron chi connectivity index (χ4n) is 2.68. The molecule has 108 valence electrons. The lowest BCUT2D eigenvalue weighted by molar-refractivity contribution is -0.118. The van der Waals surface area contributed by atoms with Crippen molar-refractivity contribution in [2.24, 2.45) is 5.73 Å². The number of nitrogens with one attached hydrogen (secondary N) is 1. The first-order valence-corrected chi connectivity index (χ1v) is 7.34. The lowest BCUT2D eigenvalue weighted by Gasteiger charge is -2.16. The second kappa shape index (κ2) is 5.34. The van der Waals surface area contributed by atoms with Gasteiger partial charge in [0.25, 0.3) is 0 Å². The summed E-state index contributed by atoms with van der Waals surface area (Å²) < 4.78 is 0. The molecule has 0 aliphatic heterocycles. The van der Waals surface area contributed by atoms with Crippen LogP contribution in [-0.2, 0) is 10.2 Å². The Balaban J connectivity index is 1.80. The average molecular weight is 280 g/mol. The quantitative estimate of drug-likeness (QED) is 0.902. The van der Waals surface area contributed by atoms with Crippen LogP contribution in [0.1, 0.15) is 36.9 Å². The highest BCUT2D eigenvalue weighted by Gasteiger charge is 2.51. The summed E-state index contributed by atoms with van der Waals surface area (Å²) in [6, 6.07) is 17.7. The zero-order valence-electron chi connectivity index (χ0n) is 12.2. The monoisotopic (exact) mass is 280 g/mol. The van der Waals surface area contributed by atoms with Crippen LogP contribution in [0.5, 0.6) is 0 Å². The number of rotatable bonds is 4. The summed E-state index contributed by atoms with van der Waals surface area (Å²) in [5.41, 5.74) is 8.49. The standard InChI is InChI=1S/C18H20N2O/c1-13(19)14-6-5-9-16(12-14)20-17(21)18(10-11-18)15-7-3-2-4-8-15/h2-9,12-13H,10-11,19H2,1H3,(H,20,21). The van der Waals surface area contributed by atoms with E-state index < -0.39 is 0 Å². The average Bonchev–Trinajstić information content (AvgIpc) is 3.30. The molecule has 3 rings (SSSR count). The molecule has 1 fully saturated rings. The number of hydrogen-bond donors (Lipinski definition) is 2. The maximum absolute atomic E-state index is 12.6. The van der Waals surface area contributed by atoms with Crippen molar-refractivity contribution in [3.63, 3.8) is 0 Å². The van der Waals surface area contributed by atoms with E-state index in [-0.39, 0.29) is 17.4 Å². The Kier molecular flexibility index (Phi) is 3.52. The van der Waals surface area contributed by atoms with E-state index in [4.69, 9.17) is 5.73 Å². The van der Waals surface area contributed by atoms with Crippen molar-refractivity contribution < 1.29 is 4.79 Å². The molecule has 1 saturated carbocycles. The van der Waals surface area contributed by atoms with Gasteiger partial charge in [-0.1, -0.05) is 42.5 Å². The van der Waals surface area contributed by atoms with Gasteiger partial charge < -0.3 is 11.1 Å². The Morgan fingerprint density at radius 1 is 1.14 bits per heavy atom. The molecule has 0 aromatic heterocycles. The Hall–Kier alpha value is -2.13. The second-order valence-electron chi connectivity index (χ2n) is 5.82. The van der Waals surface area contributed by atoms with Gasteiger partial charge >= 0.3 is 0 Å². The van der Waals surface area contributed by atoms with E-state index in [1.807, 2.05) is 61.5 Å². The third-order valence-electron chi connectivity index (χ3n) is 4.18. The Morgan fingerprint density at radius 2 is 1.86 bits per heavy atom. The van der Waals surface area contributed by atoms with Crippen LogP contribution in [0.15, 0.2) is 54.6 Å². The number of benzene rings is 2. The number of anilines is 1. The molecule has 1 aliphatic rings. The van der Waals surface area contributed by atoms with E-state index in [2.05, 4.69) is 5.32 Å². The van der Waals surface area contributed by atoms with Crippen LogP contribution in [-0.4, -0.2) is 5.91 Å². The van der Waals surface area contributed by atoms with E-state index >= 15 is 0 Å². The lowest BCUT2D eigenvalue weighted by atomic mass is 9.95. The third-order valence-corrected chi connectivity index (χ3v) is 4.18. The fourth-order valence-corrected chi connectivity index (χ4v) is 2.68. The molecule has 1 amide bonds. The van der Waals surface area contributed by atoms with Crippen molar-refractivity contribution in [3.8, 4) is 0 Å². The Morgan fingerprint density at radius 3 is 2.48 bits per heavy atom. The van der Waals surface area contributed by atoms with Gasteiger partial charge in [-0.2, -0.15) is 0 Å². The molecule has 0 bridgehead atoms. The summed E-state index contributed by atoms with van der Waals surface area (Å²) in [7, 11) is 0. The minimum Gasteiger partial charge on any atom is -0.325 e. The highest BCUT2D eigenvalue weighted by molar-refractivity contribution is 6.01. The zero-order valence-corrected chi connectivity index (χ0v) is 12.2. The summed E-state index contributed by atoms with van der Waals surface area (Å²) >= 11 is 0. The molecule has 2 aromatic rings. The number of carbonyl (C=O) groups excluding carboxylic acids is 1. The zero-order chi connectivity index (χ0) is 14.9. The van der Waals surface area contributed by atoms with Crippen LogP contribution >= 0.6 is 0 Å². The molecule has 0 radical (unpaired) electrons. The van der Waals surface area contributed by atoms with Gasteiger partial charge in [0.2, 0.25) is 5.91 Å². The van der Waals surface area contributed by atoms with Crippen molar-refractivity contribution in [2.45, 2.75) is 31.2 Å². The highest BCUT2D eigenvalue weighted by Crippen LogP contribution is 2.48. The molecule has 1 aliphatic carbocycles. The maximum atomic E-state index is 12.6.